The first-order valence-electron chi connectivity index (χ1n) is 4.11. The Balaban J connectivity index is 2.19. The molecule has 3 heteroatoms. The van der Waals surface area contributed by atoms with Crippen LogP contribution in [0.25, 0.3) is 0 Å². The van der Waals surface area contributed by atoms with Gasteiger partial charge in [0.15, 0.2) is 5.79 Å². The van der Waals surface area contributed by atoms with Crippen LogP contribution in [0.4, 0.5) is 0 Å². The molecular formula is C8H15NO2. The summed E-state index contributed by atoms with van der Waals surface area (Å²) in [4.78, 5) is 0. The summed E-state index contributed by atoms with van der Waals surface area (Å²) in [5.41, 5.74) is -0.0938. The van der Waals surface area contributed by atoms with E-state index in [-0.39, 0.29) is 17.5 Å². The first kappa shape index (κ1) is 7.53. The van der Waals surface area contributed by atoms with Gasteiger partial charge in [0.2, 0.25) is 0 Å². The third-order valence-corrected chi connectivity index (χ3v) is 2.39. The quantitative estimate of drug-likeness (QED) is 0.555. The van der Waals surface area contributed by atoms with Gasteiger partial charge < -0.3 is 14.8 Å². The molecule has 2 rings (SSSR count). The molecule has 0 saturated carbocycles. The summed E-state index contributed by atoms with van der Waals surface area (Å²) >= 11 is 0. The van der Waals surface area contributed by atoms with Crippen molar-refractivity contribution < 1.29 is 9.47 Å². The summed E-state index contributed by atoms with van der Waals surface area (Å²) < 4.78 is 11.5. The van der Waals surface area contributed by atoms with Crippen molar-refractivity contribution >= 4 is 0 Å². The van der Waals surface area contributed by atoms with E-state index in [1.807, 2.05) is 13.8 Å². The average Bonchev–Trinajstić information content (AvgIpc) is 2.16. The van der Waals surface area contributed by atoms with Crippen LogP contribution in [0, 0.1) is 0 Å². The first-order chi connectivity index (χ1) is 5.02. The van der Waals surface area contributed by atoms with E-state index in [0.29, 0.717) is 0 Å². The van der Waals surface area contributed by atoms with Crippen molar-refractivity contribution in [3.8, 4) is 0 Å². The molecule has 0 aromatic rings. The minimum atomic E-state index is -0.387. The minimum Gasteiger partial charge on any atom is -0.343 e. The van der Waals surface area contributed by atoms with E-state index in [9.17, 15) is 0 Å². The summed E-state index contributed by atoms with van der Waals surface area (Å²) in [5.74, 6) is -0.387. The Labute approximate surface area is 67.1 Å². The molecule has 0 radical (unpaired) electrons. The summed E-state index contributed by atoms with van der Waals surface area (Å²) in [7, 11) is 0. The number of nitrogens with one attached hydrogen (secondary N) is 1. The smallest absolute Gasteiger partial charge is 0.164 e. The Morgan fingerprint density at radius 1 is 1.36 bits per heavy atom. The van der Waals surface area contributed by atoms with E-state index in [0.717, 1.165) is 13.1 Å². The van der Waals surface area contributed by atoms with E-state index in [1.54, 1.807) is 0 Å². The molecular weight excluding hydrogens is 142 g/mol. The molecule has 2 aliphatic rings. The predicted octanol–water partition coefficient (Wildman–Crippen LogP) is 0.500. The zero-order valence-corrected chi connectivity index (χ0v) is 7.31. The van der Waals surface area contributed by atoms with Gasteiger partial charge in [0, 0.05) is 13.1 Å². The van der Waals surface area contributed by atoms with Crippen LogP contribution in [0.3, 0.4) is 0 Å². The van der Waals surface area contributed by atoms with Crippen LogP contribution in [0.15, 0.2) is 0 Å². The molecule has 64 valence electrons. The maximum atomic E-state index is 5.78. The predicted molar refractivity (Wildman–Crippen MR) is 41.3 cm³/mol. The second-order valence-corrected chi connectivity index (χ2v) is 4.05. The Kier molecular flexibility index (Phi) is 1.35. The lowest BCUT2D eigenvalue weighted by atomic mass is 10.0. The lowest BCUT2D eigenvalue weighted by Crippen LogP contribution is -2.36. The fourth-order valence-electron chi connectivity index (χ4n) is 1.98. The van der Waals surface area contributed by atoms with Gasteiger partial charge >= 0.3 is 0 Å². The third kappa shape index (κ3) is 1.08. The molecule has 0 bridgehead atoms. The standard InChI is InChI=1S/C8H15NO2/c1-7(2)10-6-4-9-5-8(6,3)11-7/h6,9H,4-5H2,1-3H3/t6?,8-/m1/s1. The Morgan fingerprint density at radius 2 is 2.09 bits per heavy atom. The van der Waals surface area contributed by atoms with Gasteiger partial charge in [-0.3, -0.25) is 0 Å². The van der Waals surface area contributed by atoms with Crippen molar-refractivity contribution in [2.75, 3.05) is 13.1 Å². The maximum Gasteiger partial charge on any atom is 0.164 e. The van der Waals surface area contributed by atoms with Gasteiger partial charge in [0.1, 0.15) is 11.7 Å². The molecule has 2 fully saturated rings. The van der Waals surface area contributed by atoms with E-state index in [2.05, 4.69) is 12.2 Å². The second-order valence-electron chi connectivity index (χ2n) is 4.05. The molecule has 2 atom stereocenters. The van der Waals surface area contributed by atoms with Crippen molar-refractivity contribution in [1.29, 1.82) is 0 Å². The van der Waals surface area contributed by atoms with Crippen molar-refractivity contribution in [3.63, 3.8) is 0 Å². The highest BCUT2D eigenvalue weighted by Gasteiger charge is 2.52. The SMILES string of the molecule is CC1(C)OC2CNC[C@@]2(C)O1. The van der Waals surface area contributed by atoms with Crippen LogP contribution in [0.1, 0.15) is 20.8 Å². The van der Waals surface area contributed by atoms with Crippen molar-refractivity contribution in [1.82, 2.24) is 5.32 Å². The normalized spacial score (nSPS) is 47.7. The number of ether oxygens (including phenoxy) is 2. The molecule has 1 N–H and O–H groups in total. The fraction of sp³-hybridized carbons (Fsp3) is 1.00. The zero-order chi connectivity index (χ0) is 8.11. The number of rotatable bonds is 0. The molecule has 2 saturated heterocycles. The van der Waals surface area contributed by atoms with Crippen molar-refractivity contribution in [2.24, 2.45) is 0 Å². The van der Waals surface area contributed by atoms with Crippen LogP contribution in [0.5, 0.6) is 0 Å². The Bertz CT molecular complexity index is 181. The van der Waals surface area contributed by atoms with Gasteiger partial charge in [-0.15, -0.1) is 0 Å². The highest BCUT2D eigenvalue weighted by molar-refractivity contribution is 5.00. The minimum absolute atomic E-state index is 0.0938. The third-order valence-electron chi connectivity index (χ3n) is 2.39. The van der Waals surface area contributed by atoms with Crippen LogP contribution in [0.2, 0.25) is 0 Å². The van der Waals surface area contributed by atoms with Crippen LogP contribution < -0.4 is 5.32 Å². The van der Waals surface area contributed by atoms with E-state index >= 15 is 0 Å². The molecule has 2 heterocycles. The maximum absolute atomic E-state index is 5.78. The summed E-state index contributed by atoms with van der Waals surface area (Å²) in [6.45, 7) is 7.86. The Hall–Kier alpha value is -0.120. The lowest BCUT2D eigenvalue weighted by Gasteiger charge is -2.22. The van der Waals surface area contributed by atoms with Crippen LogP contribution >= 0.6 is 0 Å². The first-order valence-corrected chi connectivity index (χ1v) is 4.11. The monoisotopic (exact) mass is 157 g/mol. The second kappa shape index (κ2) is 1.97. The van der Waals surface area contributed by atoms with E-state index < -0.39 is 0 Å². The molecule has 0 aliphatic carbocycles. The van der Waals surface area contributed by atoms with Crippen LogP contribution in [-0.4, -0.2) is 30.6 Å². The molecule has 0 aromatic carbocycles. The number of hydrogen-bond donors (Lipinski definition) is 1. The summed E-state index contributed by atoms with van der Waals surface area (Å²) in [6.07, 6.45) is 0.234. The van der Waals surface area contributed by atoms with Crippen molar-refractivity contribution in [2.45, 2.75) is 38.3 Å². The van der Waals surface area contributed by atoms with Gasteiger partial charge in [-0.2, -0.15) is 0 Å². The fourth-order valence-corrected chi connectivity index (χ4v) is 1.98. The molecule has 3 nitrogen and oxygen atoms in total. The lowest BCUT2D eigenvalue weighted by molar-refractivity contribution is -0.162. The summed E-state index contributed by atoms with van der Waals surface area (Å²) in [6, 6.07) is 0. The topological polar surface area (TPSA) is 30.5 Å². The summed E-state index contributed by atoms with van der Waals surface area (Å²) in [5, 5.41) is 3.25. The van der Waals surface area contributed by atoms with Gasteiger partial charge in [0.05, 0.1) is 0 Å². The van der Waals surface area contributed by atoms with Gasteiger partial charge in [-0.25, -0.2) is 0 Å². The van der Waals surface area contributed by atoms with Crippen molar-refractivity contribution in [3.05, 3.63) is 0 Å². The largest absolute Gasteiger partial charge is 0.343 e. The number of fused-ring (bicyclic) bond motifs is 1. The average molecular weight is 157 g/mol. The Morgan fingerprint density at radius 3 is 2.73 bits per heavy atom. The molecule has 0 amide bonds. The zero-order valence-electron chi connectivity index (χ0n) is 7.31. The van der Waals surface area contributed by atoms with Gasteiger partial charge in [-0.05, 0) is 20.8 Å². The highest BCUT2D eigenvalue weighted by Crippen LogP contribution is 2.37. The van der Waals surface area contributed by atoms with Crippen LogP contribution in [-0.2, 0) is 9.47 Å². The number of hydrogen-bond acceptors (Lipinski definition) is 3. The van der Waals surface area contributed by atoms with E-state index in [1.165, 1.54) is 0 Å². The molecule has 0 spiro atoms. The van der Waals surface area contributed by atoms with Gasteiger partial charge in [-0.1, -0.05) is 0 Å². The van der Waals surface area contributed by atoms with E-state index in [4.69, 9.17) is 9.47 Å². The highest BCUT2D eigenvalue weighted by atomic mass is 16.8. The molecule has 2 aliphatic heterocycles. The molecule has 1 unspecified atom stereocenters. The van der Waals surface area contributed by atoms with Gasteiger partial charge in [0.25, 0.3) is 0 Å². The molecule has 0 aromatic heterocycles. The molecule has 11 heavy (non-hydrogen) atoms.